The molecule has 2 heteroatoms. The molecule has 1 rings (SSSR count). The normalized spacial score (nSPS) is 9.50. The van der Waals surface area contributed by atoms with Crippen molar-refractivity contribution in [2.45, 2.75) is 13.5 Å². The van der Waals surface area contributed by atoms with E-state index in [0.717, 1.165) is 5.56 Å². The van der Waals surface area contributed by atoms with Crippen molar-refractivity contribution < 1.29 is 4.79 Å². The Kier molecular flexibility index (Phi) is 3.92. The number of likely N-dealkylation sites (N-methyl/N-ethyl adjacent to an activating group) is 1. The number of nitrogens with zero attached hydrogens (tertiary/aromatic N) is 1. The van der Waals surface area contributed by atoms with Gasteiger partial charge < -0.3 is 4.90 Å². The molecule has 2 nitrogen and oxygen atoms in total. The van der Waals surface area contributed by atoms with Crippen molar-refractivity contribution in [2.24, 2.45) is 0 Å². The monoisotopic (exact) mass is 188 g/mol. The SMILES string of the molecule is C=C[11C](=O)N(CC)Cc1ccccc1. The smallest absolute Gasteiger partial charge is 0.246 e. The van der Waals surface area contributed by atoms with Gasteiger partial charge >= 0.3 is 0 Å². The molecule has 0 saturated carbocycles. The Hall–Kier alpha value is -1.57. The van der Waals surface area contributed by atoms with E-state index in [1.165, 1.54) is 6.08 Å². The molecule has 0 aromatic heterocycles. The summed E-state index contributed by atoms with van der Waals surface area (Å²) in [6.07, 6.45) is 1.35. The Balaban J connectivity index is 2.66. The van der Waals surface area contributed by atoms with E-state index in [1.807, 2.05) is 37.3 Å². The maximum atomic E-state index is 11.4. The summed E-state index contributed by atoms with van der Waals surface area (Å²) in [5.41, 5.74) is 1.14. The first-order valence-electron chi connectivity index (χ1n) is 4.73. The van der Waals surface area contributed by atoms with Crippen molar-refractivity contribution in [3.05, 3.63) is 48.6 Å². The summed E-state index contributed by atoms with van der Waals surface area (Å²) < 4.78 is 0. The maximum Gasteiger partial charge on any atom is 0.246 e. The lowest BCUT2D eigenvalue weighted by Gasteiger charge is -2.18. The fourth-order valence-electron chi connectivity index (χ4n) is 1.28. The largest absolute Gasteiger partial charge is 0.335 e. The Morgan fingerprint density at radius 1 is 1.43 bits per heavy atom. The molecule has 0 spiro atoms. The van der Waals surface area contributed by atoms with Crippen molar-refractivity contribution in [1.29, 1.82) is 0 Å². The highest BCUT2D eigenvalue weighted by molar-refractivity contribution is 5.86. The summed E-state index contributed by atoms with van der Waals surface area (Å²) in [4.78, 5) is 13.1. The van der Waals surface area contributed by atoms with E-state index in [0.29, 0.717) is 13.1 Å². The van der Waals surface area contributed by atoms with Gasteiger partial charge in [-0.05, 0) is 18.6 Å². The standard InChI is InChI=1S/C12H15NO/c1-3-12(14)13(4-2)10-11-8-6-5-7-9-11/h3,5-9H,1,4,10H2,2H3/i12-1. The van der Waals surface area contributed by atoms with Gasteiger partial charge in [-0.2, -0.15) is 0 Å². The first kappa shape index (κ1) is 10.5. The van der Waals surface area contributed by atoms with Crippen LogP contribution in [0.15, 0.2) is 43.0 Å². The van der Waals surface area contributed by atoms with Crippen LogP contribution in [0.5, 0.6) is 0 Å². The molecule has 0 atom stereocenters. The van der Waals surface area contributed by atoms with Crippen LogP contribution in [0.25, 0.3) is 0 Å². The van der Waals surface area contributed by atoms with Crippen LogP contribution in [0, 0.1) is 0 Å². The highest BCUT2D eigenvalue weighted by atomic mass is 16.1. The molecule has 14 heavy (non-hydrogen) atoms. The quantitative estimate of drug-likeness (QED) is 0.663. The van der Waals surface area contributed by atoms with Crippen molar-refractivity contribution >= 4 is 5.91 Å². The van der Waals surface area contributed by atoms with Gasteiger partial charge in [0, 0.05) is 13.1 Å². The summed E-state index contributed by atoms with van der Waals surface area (Å²) in [5, 5.41) is 0. The number of hydrogen-bond acceptors (Lipinski definition) is 1. The minimum atomic E-state index is -0.0173. The summed E-state index contributed by atoms with van der Waals surface area (Å²) >= 11 is 0. The molecule has 0 aliphatic rings. The number of amides is 1. The average molecular weight is 188 g/mol. The molecule has 0 heterocycles. The van der Waals surface area contributed by atoms with E-state index >= 15 is 0 Å². The van der Waals surface area contributed by atoms with E-state index in [2.05, 4.69) is 6.58 Å². The molecule has 0 bridgehead atoms. The van der Waals surface area contributed by atoms with E-state index in [9.17, 15) is 4.79 Å². The van der Waals surface area contributed by atoms with Crippen molar-refractivity contribution in [2.75, 3.05) is 6.54 Å². The van der Waals surface area contributed by atoms with E-state index in [4.69, 9.17) is 0 Å². The Morgan fingerprint density at radius 2 is 2.07 bits per heavy atom. The zero-order valence-corrected chi connectivity index (χ0v) is 8.44. The number of carbonyl (C=O) groups is 1. The molecule has 0 aliphatic heterocycles. The third-order valence-corrected chi connectivity index (χ3v) is 2.08. The Labute approximate surface area is 84.9 Å². The molecule has 1 amide bonds. The van der Waals surface area contributed by atoms with E-state index in [1.54, 1.807) is 4.90 Å². The molecule has 74 valence electrons. The van der Waals surface area contributed by atoms with Gasteiger partial charge in [0.2, 0.25) is 5.91 Å². The number of benzene rings is 1. The van der Waals surface area contributed by atoms with Crippen molar-refractivity contribution in [3.8, 4) is 0 Å². The second kappa shape index (κ2) is 5.22. The lowest BCUT2D eigenvalue weighted by molar-refractivity contribution is -0.126. The topological polar surface area (TPSA) is 20.3 Å². The Morgan fingerprint density at radius 3 is 2.57 bits per heavy atom. The molecular weight excluding hydrogens is 173 g/mol. The lowest BCUT2D eigenvalue weighted by Crippen LogP contribution is -2.28. The summed E-state index contributed by atoms with van der Waals surface area (Å²) in [5.74, 6) is -0.0173. The minimum Gasteiger partial charge on any atom is -0.335 e. The van der Waals surface area contributed by atoms with Gasteiger partial charge in [-0.25, -0.2) is 0 Å². The fourth-order valence-corrected chi connectivity index (χ4v) is 1.28. The van der Waals surface area contributed by atoms with Crippen molar-refractivity contribution in [1.82, 2.24) is 4.90 Å². The van der Waals surface area contributed by atoms with Crippen LogP contribution < -0.4 is 0 Å². The maximum absolute atomic E-state index is 11.4. The van der Waals surface area contributed by atoms with Gasteiger partial charge in [0.05, 0.1) is 0 Å². The van der Waals surface area contributed by atoms with Gasteiger partial charge in [0.15, 0.2) is 0 Å². The molecule has 0 N–H and O–H groups in total. The molecule has 0 aliphatic carbocycles. The molecule has 0 fully saturated rings. The first-order valence-corrected chi connectivity index (χ1v) is 4.73. The molecular formula is C12H15NO. The molecule has 1 aromatic rings. The molecule has 0 unspecified atom stereocenters. The predicted octanol–water partition coefficient (Wildman–Crippen LogP) is 2.22. The zero-order chi connectivity index (χ0) is 10.4. The average Bonchev–Trinajstić information content (AvgIpc) is 2.26. The van der Waals surface area contributed by atoms with Crippen LogP contribution in [0.1, 0.15) is 12.5 Å². The zero-order valence-electron chi connectivity index (χ0n) is 8.44. The van der Waals surface area contributed by atoms with Crippen LogP contribution in [-0.4, -0.2) is 17.4 Å². The van der Waals surface area contributed by atoms with Gasteiger partial charge in [0.1, 0.15) is 0 Å². The summed E-state index contributed by atoms with van der Waals surface area (Å²) in [6, 6.07) is 9.94. The molecule has 1 aromatic carbocycles. The van der Waals surface area contributed by atoms with Gasteiger partial charge in [0.25, 0.3) is 0 Å². The van der Waals surface area contributed by atoms with Crippen LogP contribution in [-0.2, 0) is 11.3 Å². The number of rotatable bonds is 4. The predicted molar refractivity (Wildman–Crippen MR) is 57.7 cm³/mol. The number of carbonyl (C=O) groups excluding carboxylic acids is 1. The van der Waals surface area contributed by atoms with Crippen molar-refractivity contribution in [3.63, 3.8) is 0 Å². The molecule has 0 radical (unpaired) electrons. The van der Waals surface area contributed by atoms with Gasteiger partial charge in [-0.15, -0.1) is 0 Å². The second-order valence-electron chi connectivity index (χ2n) is 3.04. The van der Waals surface area contributed by atoms with Crippen LogP contribution in [0.3, 0.4) is 0 Å². The minimum absolute atomic E-state index is 0.0173. The van der Waals surface area contributed by atoms with Crippen LogP contribution in [0.2, 0.25) is 0 Å². The first-order chi connectivity index (χ1) is 6.77. The van der Waals surface area contributed by atoms with E-state index < -0.39 is 0 Å². The third-order valence-electron chi connectivity index (χ3n) is 2.08. The van der Waals surface area contributed by atoms with Crippen LogP contribution in [0.4, 0.5) is 0 Å². The highest BCUT2D eigenvalue weighted by Crippen LogP contribution is 2.04. The second-order valence-corrected chi connectivity index (χ2v) is 3.04. The van der Waals surface area contributed by atoms with Crippen LogP contribution >= 0.6 is 0 Å². The van der Waals surface area contributed by atoms with Gasteiger partial charge in [-0.1, -0.05) is 36.9 Å². The Bertz CT molecular complexity index is 305. The lowest BCUT2D eigenvalue weighted by atomic mass is 9.98. The summed E-state index contributed by atoms with van der Waals surface area (Å²) in [7, 11) is 0. The third kappa shape index (κ3) is 2.73. The highest BCUT2D eigenvalue weighted by Gasteiger charge is 2.07. The molecule has 0 saturated heterocycles. The number of hydrogen-bond donors (Lipinski definition) is 0. The summed E-state index contributed by atoms with van der Waals surface area (Å²) in [6.45, 7) is 6.81. The fraction of sp³-hybridized carbons (Fsp3) is 0.250. The van der Waals surface area contributed by atoms with E-state index in [-0.39, 0.29) is 5.91 Å². The van der Waals surface area contributed by atoms with Gasteiger partial charge in [-0.3, -0.25) is 4.79 Å².